The maximum atomic E-state index is 5.60. The van der Waals surface area contributed by atoms with Crippen molar-refractivity contribution in [2.75, 3.05) is 12.3 Å². The van der Waals surface area contributed by atoms with Gasteiger partial charge in [0.15, 0.2) is 0 Å². The fourth-order valence-corrected chi connectivity index (χ4v) is 1.32. The largest absolute Gasteiger partial charge is 0.493 e. The van der Waals surface area contributed by atoms with Crippen LogP contribution in [0, 0.1) is 0 Å². The van der Waals surface area contributed by atoms with E-state index in [1.807, 2.05) is 24.3 Å². The zero-order chi connectivity index (χ0) is 12.8. The lowest BCUT2D eigenvalue weighted by Gasteiger charge is -2.06. The molecule has 2 aromatic rings. The van der Waals surface area contributed by atoms with Gasteiger partial charge in [-0.15, -0.1) is 0 Å². The molecule has 2 rings (SSSR count). The van der Waals surface area contributed by atoms with Gasteiger partial charge >= 0.3 is 0 Å². The van der Waals surface area contributed by atoms with Crippen LogP contribution < -0.4 is 10.5 Å². The smallest absolute Gasteiger partial charge is 0.263 e. The number of nitrogen functional groups attached to an aromatic ring is 1. The lowest BCUT2D eigenvalue weighted by Crippen LogP contribution is -2.01. The Bertz CT molecular complexity index is 536. The highest BCUT2D eigenvalue weighted by Gasteiger charge is 2.01. The standard InChI is InChI=1S/C11H14N6O/c1-2-7-18-10-6-4-3-5-9(10)8-13-17-11(12)14-15-16-17/h3-6,8H,2,7H2,1H3,(H2,12,14,16). The van der Waals surface area contributed by atoms with E-state index in [-0.39, 0.29) is 5.95 Å². The molecule has 0 atom stereocenters. The average Bonchev–Trinajstić information content (AvgIpc) is 2.80. The number of aromatic nitrogens is 4. The molecule has 0 spiro atoms. The molecular weight excluding hydrogens is 232 g/mol. The van der Waals surface area contributed by atoms with E-state index >= 15 is 0 Å². The van der Waals surface area contributed by atoms with E-state index in [9.17, 15) is 0 Å². The van der Waals surface area contributed by atoms with Gasteiger partial charge in [-0.2, -0.15) is 5.10 Å². The summed E-state index contributed by atoms with van der Waals surface area (Å²) in [5.41, 5.74) is 6.35. The van der Waals surface area contributed by atoms with Crippen LogP contribution >= 0.6 is 0 Å². The second kappa shape index (κ2) is 5.76. The lowest BCUT2D eigenvalue weighted by molar-refractivity contribution is 0.317. The van der Waals surface area contributed by atoms with Gasteiger partial charge in [-0.3, -0.25) is 0 Å². The van der Waals surface area contributed by atoms with E-state index < -0.39 is 0 Å². The number of para-hydroxylation sites is 1. The van der Waals surface area contributed by atoms with Crippen LogP contribution in [0.3, 0.4) is 0 Å². The predicted octanol–water partition coefficient (Wildman–Crippen LogP) is 0.926. The maximum absolute atomic E-state index is 5.60. The van der Waals surface area contributed by atoms with Crippen molar-refractivity contribution >= 4 is 12.2 Å². The normalized spacial score (nSPS) is 10.9. The number of nitrogens with two attached hydrogens (primary N) is 1. The minimum atomic E-state index is 0.137. The number of hydrogen-bond donors (Lipinski definition) is 1. The third kappa shape index (κ3) is 2.82. The molecule has 0 saturated heterocycles. The van der Waals surface area contributed by atoms with Gasteiger partial charge in [0.25, 0.3) is 5.95 Å². The molecule has 1 aromatic heterocycles. The summed E-state index contributed by atoms with van der Waals surface area (Å²) in [5, 5.41) is 14.6. The summed E-state index contributed by atoms with van der Waals surface area (Å²) in [7, 11) is 0. The molecule has 0 amide bonds. The van der Waals surface area contributed by atoms with Gasteiger partial charge < -0.3 is 10.5 Å². The number of anilines is 1. The van der Waals surface area contributed by atoms with E-state index in [2.05, 4.69) is 27.6 Å². The van der Waals surface area contributed by atoms with Crippen molar-refractivity contribution in [3.63, 3.8) is 0 Å². The van der Waals surface area contributed by atoms with Crippen molar-refractivity contribution in [3.05, 3.63) is 29.8 Å². The van der Waals surface area contributed by atoms with Gasteiger partial charge in [0.2, 0.25) is 0 Å². The van der Waals surface area contributed by atoms with E-state index in [0.717, 1.165) is 22.5 Å². The number of ether oxygens (including phenoxy) is 1. The Labute approximate surface area is 104 Å². The van der Waals surface area contributed by atoms with Crippen molar-refractivity contribution in [2.24, 2.45) is 5.10 Å². The Kier molecular flexibility index (Phi) is 3.85. The van der Waals surface area contributed by atoms with Crippen molar-refractivity contribution in [1.82, 2.24) is 20.3 Å². The monoisotopic (exact) mass is 246 g/mol. The minimum Gasteiger partial charge on any atom is -0.493 e. The Hall–Kier alpha value is -2.44. The highest BCUT2D eigenvalue weighted by molar-refractivity contribution is 5.83. The third-order valence-electron chi connectivity index (χ3n) is 2.16. The van der Waals surface area contributed by atoms with Crippen molar-refractivity contribution < 1.29 is 4.74 Å². The van der Waals surface area contributed by atoms with Crippen LogP contribution in [0.5, 0.6) is 5.75 Å². The molecule has 0 aliphatic rings. The molecule has 0 saturated carbocycles. The average molecular weight is 246 g/mol. The van der Waals surface area contributed by atoms with E-state index in [1.54, 1.807) is 6.21 Å². The summed E-state index contributed by atoms with van der Waals surface area (Å²) in [6, 6.07) is 7.60. The topological polar surface area (TPSA) is 91.2 Å². The molecule has 0 bridgehead atoms. The molecule has 0 fully saturated rings. The fraction of sp³-hybridized carbons (Fsp3) is 0.273. The zero-order valence-electron chi connectivity index (χ0n) is 10.0. The highest BCUT2D eigenvalue weighted by Crippen LogP contribution is 2.16. The SMILES string of the molecule is CCCOc1ccccc1C=Nn1nnnc1N. The maximum Gasteiger partial charge on any atom is 0.263 e. The minimum absolute atomic E-state index is 0.137. The van der Waals surface area contributed by atoms with E-state index in [0.29, 0.717) is 6.61 Å². The quantitative estimate of drug-likeness (QED) is 0.792. The van der Waals surface area contributed by atoms with Crippen LogP contribution in [0.2, 0.25) is 0 Å². The molecule has 94 valence electrons. The predicted molar refractivity (Wildman–Crippen MR) is 67.4 cm³/mol. The number of rotatable bonds is 5. The van der Waals surface area contributed by atoms with E-state index in [1.165, 1.54) is 0 Å². The Morgan fingerprint density at radius 2 is 2.28 bits per heavy atom. The van der Waals surface area contributed by atoms with Crippen LogP contribution in [0.25, 0.3) is 0 Å². The van der Waals surface area contributed by atoms with Crippen LogP contribution in [0.1, 0.15) is 18.9 Å². The first-order valence-electron chi connectivity index (χ1n) is 5.61. The molecule has 0 unspecified atom stereocenters. The van der Waals surface area contributed by atoms with Crippen LogP contribution in [0.4, 0.5) is 5.95 Å². The van der Waals surface area contributed by atoms with Crippen LogP contribution in [-0.2, 0) is 0 Å². The van der Waals surface area contributed by atoms with E-state index in [4.69, 9.17) is 10.5 Å². The van der Waals surface area contributed by atoms with Gasteiger partial charge in [-0.05, 0) is 29.0 Å². The molecule has 0 radical (unpaired) electrons. The lowest BCUT2D eigenvalue weighted by atomic mass is 10.2. The van der Waals surface area contributed by atoms with Gasteiger partial charge in [0, 0.05) is 5.56 Å². The summed E-state index contributed by atoms with van der Waals surface area (Å²) in [6.45, 7) is 2.72. The summed E-state index contributed by atoms with van der Waals surface area (Å²) >= 11 is 0. The molecule has 1 heterocycles. The summed E-state index contributed by atoms with van der Waals surface area (Å²) in [5.74, 6) is 0.910. The Balaban J connectivity index is 2.18. The molecule has 7 heteroatoms. The Morgan fingerprint density at radius 3 is 3.00 bits per heavy atom. The first-order valence-corrected chi connectivity index (χ1v) is 5.61. The molecule has 0 aliphatic heterocycles. The van der Waals surface area contributed by atoms with Crippen molar-refractivity contribution in [2.45, 2.75) is 13.3 Å². The van der Waals surface area contributed by atoms with Crippen molar-refractivity contribution in [1.29, 1.82) is 0 Å². The fourth-order valence-electron chi connectivity index (χ4n) is 1.32. The zero-order valence-corrected chi connectivity index (χ0v) is 10.0. The van der Waals surface area contributed by atoms with Gasteiger partial charge in [0.1, 0.15) is 5.75 Å². The number of tetrazole rings is 1. The molecule has 2 N–H and O–H groups in total. The van der Waals surface area contributed by atoms with Crippen LogP contribution in [-0.4, -0.2) is 33.1 Å². The summed E-state index contributed by atoms with van der Waals surface area (Å²) in [6.07, 6.45) is 2.56. The summed E-state index contributed by atoms with van der Waals surface area (Å²) in [4.78, 5) is 1.15. The number of hydrogen-bond acceptors (Lipinski definition) is 6. The molecular formula is C11H14N6O. The Morgan fingerprint density at radius 1 is 1.44 bits per heavy atom. The first-order chi connectivity index (χ1) is 8.81. The van der Waals surface area contributed by atoms with Crippen molar-refractivity contribution in [3.8, 4) is 5.75 Å². The molecule has 1 aromatic carbocycles. The third-order valence-corrected chi connectivity index (χ3v) is 2.16. The van der Waals surface area contributed by atoms with Gasteiger partial charge in [0.05, 0.1) is 12.8 Å². The molecule has 7 nitrogen and oxygen atoms in total. The molecule has 18 heavy (non-hydrogen) atoms. The molecule has 0 aliphatic carbocycles. The highest BCUT2D eigenvalue weighted by atomic mass is 16.5. The van der Waals surface area contributed by atoms with Crippen LogP contribution in [0.15, 0.2) is 29.4 Å². The number of nitrogens with zero attached hydrogens (tertiary/aromatic N) is 5. The first kappa shape index (κ1) is 12.0. The second-order valence-corrected chi connectivity index (χ2v) is 3.56. The number of benzene rings is 1. The summed E-state index contributed by atoms with van der Waals surface area (Å²) < 4.78 is 5.60. The van der Waals surface area contributed by atoms with Gasteiger partial charge in [-0.25, -0.2) is 0 Å². The second-order valence-electron chi connectivity index (χ2n) is 3.56. The van der Waals surface area contributed by atoms with Gasteiger partial charge in [-0.1, -0.05) is 28.9 Å².